The van der Waals surface area contributed by atoms with Crippen LogP contribution in [0.4, 0.5) is 0 Å². The second-order valence-electron chi connectivity index (χ2n) is 6.35. The van der Waals surface area contributed by atoms with Gasteiger partial charge in [0.1, 0.15) is 6.04 Å². The molecule has 0 aliphatic rings. The van der Waals surface area contributed by atoms with Gasteiger partial charge in [0.25, 0.3) is 0 Å². The number of hydrogen-bond acceptors (Lipinski definition) is 2. The van der Waals surface area contributed by atoms with Crippen LogP contribution in [0.15, 0.2) is 0 Å². The Hall–Kier alpha value is -0.0600. The second-order valence-corrected chi connectivity index (χ2v) is 6.35. The summed E-state index contributed by atoms with van der Waals surface area (Å²) in [5, 5.41) is 11.8. The number of rotatable bonds is 14. The van der Waals surface area contributed by atoms with E-state index in [0.717, 1.165) is 19.3 Å². The van der Waals surface area contributed by atoms with Crippen LogP contribution in [0, 0.1) is 5.92 Å². The number of carbonyl (C=O) groups is 2. The van der Waals surface area contributed by atoms with E-state index in [-0.39, 0.29) is 41.4 Å². The summed E-state index contributed by atoms with van der Waals surface area (Å²) in [4.78, 5) is 23.0. The molecule has 0 spiro atoms. The minimum Gasteiger partial charge on any atom is -0.480 e. The molecule has 5 heteroatoms. The summed E-state index contributed by atoms with van der Waals surface area (Å²) in [6.07, 6.45) is 12.1. The minimum atomic E-state index is -0.935. The Morgan fingerprint density at radius 3 is 1.83 bits per heavy atom. The Bertz CT molecular complexity index is 311. The van der Waals surface area contributed by atoms with Crippen molar-refractivity contribution in [1.82, 2.24) is 5.32 Å². The summed E-state index contributed by atoms with van der Waals surface area (Å²) in [6.45, 7) is 6.02. The molecule has 2 atom stereocenters. The maximum atomic E-state index is 11.8. The first-order chi connectivity index (χ1) is 10.5. The van der Waals surface area contributed by atoms with Crippen molar-refractivity contribution in [3.63, 3.8) is 0 Å². The standard InChI is InChI=1S/C18H35NO3.Na/c1-4-6-7-8-9-10-11-12-13-14-16(20)19-17(18(21)22)15(3)5-2;/h15,17H,4-14H2,1-3H3,(H,19,20)(H,21,22);/t15-,17-;/m0./s1. The summed E-state index contributed by atoms with van der Waals surface area (Å²) in [5.41, 5.74) is 0. The molecule has 0 rings (SSSR count). The van der Waals surface area contributed by atoms with Gasteiger partial charge >= 0.3 is 5.97 Å². The normalized spacial score (nSPS) is 13.0. The van der Waals surface area contributed by atoms with E-state index in [1.54, 1.807) is 0 Å². The van der Waals surface area contributed by atoms with E-state index in [1.807, 2.05) is 13.8 Å². The quantitative estimate of drug-likeness (QED) is 0.370. The van der Waals surface area contributed by atoms with E-state index >= 15 is 0 Å². The SMILES string of the molecule is CCCCCCCCCCCC(=O)N[C@H](C(=O)O)[C@@H](C)CC.[Na]. The molecular weight excluding hydrogens is 301 g/mol. The summed E-state index contributed by atoms with van der Waals surface area (Å²) in [5.74, 6) is -1.10. The van der Waals surface area contributed by atoms with Gasteiger partial charge in [0.05, 0.1) is 0 Å². The first-order valence-corrected chi connectivity index (χ1v) is 9.05. The molecule has 0 heterocycles. The molecule has 1 amide bonds. The number of carboxylic acid groups (broad SMARTS) is 1. The van der Waals surface area contributed by atoms with E-state index < -0.39 is 12.0 Å². The molecule has 0 saturated carbocycles. The van der Waals surface area contributed by atoms with Gasteiger partial charge in [-0.05, 0) is 12.3 Å². The fourth-order valence-electron chi connectivity index (χ4n) is 2.52. The zero-order valence-electron chi connectivity index (χ0n) is 15.7. The van der Waals surface area contributed by atoms with Crippen molar-refractivity contribution in [2.24, 2.45) is 5.92 Å². The third-order valence-electron chi connectivity index (χ3n) is 4.30. The molecule has 1 radical (unpaired) electrons. The molecular formula is C18H35NNaO3. The van der Waals surface area contributed by atoms with Crippen LogP contribution in [0.5, 0.6) is 0 Å². The maximum Gasteiger partial charge on any atom is 0.326 e. The molecule has 0 aromatic carbocycles. The summed E-state index contributed by atoms with van der Waals surface area (Å²) in [6, 6.07) is -0.754. The predicted octanol–water partition coefficient (Wildman–Crippen LogP) is 4.14. The molecule has 0 aromatic heterocycles. The Morgan fingerprint density at radius 2 is 1.39 bits per heavy atom. The van der Waals surface area contributed by atoms with Gasteiger partial charge in [-0.25, -0.2) is 4.79 Å². The number of carbonyl (C=O) groups excluding carboxylic acids is 1. The number of nitrogens with one attached hydrogen (secondary N) is 1. The second kappa shape index (κ2) is 16.8. The van der Waals surface area contributed by atoms with Crippen molar-refractivity contribution in [2.45, 2.75) is 97.4 Å². The number of carboxylic acids is 1. The molecule has 0 unspecified atom stereocenters. The van der Waals surface area contributed by atoms with Gasteiger partial charge in [0.15, 0.2) is 0 Å². The third-order valence-corrected chi connectivity index (χ3v) is 4.30. The van der Waals surface area contributed by atoms with Gasteiger partial charge in [-0.3, -0.25) is 4.79 Å². The van der Waals surface area contributed by atoms with Crippen molar-refractivity contribution in [3.8, 4) is 0 Å². The van der Waals surface area contributed by atoms with Gasteiger partial charge in [0, 0.05) is 36.0 Å². The predicted molar refractivity (Wildman–Crippen MR) is 96.6 cm³/mol. The topological polar surface area (TPSA) is 66.4 Å². The molecule has 0 bridgehead atoms. The molecule has 23 heavy (non-hydrogen) atoms. The van der Waals surface area contributed by atoms with Gasteiger partial charge < -0.3 is 10.4 Å². The zero-order chi connectivity index (χ0) is 16.8. The molecule has 131 valence electrons. The van der Waals surface area contributed by atoms with Crippen LogP contribution in [0.25, 0.3) is 0 Å². The van der Waals surface area contributed by atoms with Crippen molar-refractivity contribution < 1.29 is 14.7 Å². The van der Waals surface area contributed by atoms with Gasteiger partial charge in [0.2, 0.25) is 5.91 Å². The number of aliphatic carboxylic acids is 1. The average Bonchev–Trinajstić information content (AvgIpc) is 2.50. The zero-order valence-corrected chi connectivity index (χ0v) is 17.7. The third kappa shape index (κ3) is 14.0. The van der Waals surface area contributed by atoms with Gasteiger partial charge in [-0.2, -0.15) is 0 Å². The Morgan fingerprint density at radius 1 is 0.913 bits per heavy atom. The van der Waals surface area contributed by atoms with Crippen molar-refractivity contribution >= 4 is 41.4 Å². The van der Waals surface area contributed by atoms with Crippen molar-refractivity contribution in [3.05, 3.63) is 0 Å². The van der Waals surface area contributed by atoms with Crippen molar-refractivity contribution in [2.75, 3.05) is 0 Å². The minimum absolute atomic E-state index is 0. The molecule has 0 aliphatic carbocycles. The average molecular weight is 336 g/mol. The van der Waals surface area contributed by atoms with Crippen LogP contribution in [0.1, 0.15) is 91.4 Å². The molecule has 0 fully saturated rings. The molecule has 0 aromatic rings. The van der Waals surface area contributed by atoms with Gasteiger partial charge in [-0.1, -0.05) is 78.6 Å². The number of hydrogen-bond donors (Lipinski definition) is 2. The van der Waals surface area contributed by atoms with E-state index in [9.17, 15) is 9.59 Å². The van der Waals surface area contributed by atoms with Crippen LogP contribution in [-0.4, -0.2) is 52.6 Å². The molecule has 4 nitrogen and oxygen atoms in total. The van der Waals surface area contributed by atoms with Crippen LogP contribution in [-0.2, 0) is 9.59 Å². The first kappa shape index (κ1) is 25.2. The van der Waals surface area contributed by atoms with E-state index in [2.05, 4.69) is 12.2 Å². The van der Waals surface area contributed by atoms with Crippen LogP contribution in [0.2, 0.25) is 0 Å². The van der Waals surface area contributed by atoms with Crippen LogP contribution in [0.3, 0.4) is 0 Å². The van der Waals surface area contributed by atoms with E-state index in [1.165, 1.54) is 44.9 Å². The molecule has 0 aliphatic heterocycles. The smallest absolute Gasteiger partial charge is 0.326 e. The van der Waals surface area contributed by atoms with E-state index in [4.69, 9.17) is 5.11 Å². The van der Waals surface area contributed by atoms with Crippen molar-refractivity contribution in [1.29, 1.82) is 0 Å². The summed E-state index contributed by atoms with van der Waals surface area (Å²) < 4.78 is 0. The van der Waals surface area contributed by atoms with Gasteiger partial charge in [-0.15, -0.1) is 0 Å². The molecule has 0 saturated heterocycles. The number of amides is 1. The van der Waals surface area contributed by atoms with Crippen LogP contribution >= 0.6 is 0 Å². The van der Waals surface area contributed by atoms with Crippen LogP contribution < -0.4 is 5.32 Å². The maximum absolute atomic E-state index is 11.8. The Balaban J connectivity index is 0. The summed E-state index contributed by atoms with van der Waals surface area (Å²) >= 11 is 0. The first-order valence-electron chi connectivity index (χ1n) is 9.05. The molecule has 2 N–H and O–H groups in total. The monoisotopic (exact) mass is 336 g/mol. The number of unbranched alkanes of at least 4 members (excludes halogenated alkanes) is 8. The fraction of sp³-hybridized carbons (Fsp3) is 0.889. The Kier molecular flexibility index (Phi) is 18.4. The largest absolute Gasteiger partial charge is 0.480 e. The van der Waals surface area contributed by atoms with E-state index in [0.29, 0.717) is 6.42 Å². The Labute approximate surface area is 164 Å². The summed E-state index contributed by atoms with van der Waals surface area (Å²) in [7, 11) is 0. The fourth-order valence-corrected chi connectivity index (χ4v) is 2.52.